The van der Waals surface area contributed by atoms with Crippen molar-refractivity contribution in [2.75, 3.05) is 0 Å². The van der Waals surface area contributed by atoms with Crippen molar-refractivity contribution >= 4 is 7.12 Å². The Labute approximate surface area is 188 Å². The predicted molar refractivity (Wildman–Crippen MR) is 134 cm³/mol. The van der Waals surface area contributed by atoms with Crippen molar-refractivity contribution in [2.45, 2.75) is 124 Å². The summed E-state index contributed by atoms with van der Waals surface area (Å²) in [4.78, 5) is 0. The highest BCUT2D eigenvalue weighted by Gasteiger charge is 2.53. The minimum atomic E-state index is -0.341. The summed E-state index contributed by atoms with van der Waals surface area (Å²) in [6, 6.07) is 0. The molecule has 1 saturated heterocycles. The Hall–Kier alpha value is -1.06. The molecule has 0 amide bonds. The minimum absolute atomic E-state index is 0.339. The van der Waals surface area contributed by atoms with Gasteiger partial charge in [0.15, 0.2) is 0 Å². The van der Waals surface area contributed by atoms with Crippen LogP contribution in [0.2, 0.25) is 0 Å². The molecule has 30 heavy (non-hydrogen) atoms. The molecule has 1 fully saturated rings. The van der Waals surface area contributed by atoms with Crippen LogP contribution in [-0.4, -0.2) is 18.3 Å². The van der Waals surface area contributed by atoms with E-state index in [0.29, 0.717) is 0 Å². The fraction of sp³-hybridized carbons (Fsp3) is 0.704. The van der Waals surface area contributed by atoms with Crippen LogP contribution in [0.5, 0.6) is 0 Å². The fourth-order valence-electron chi connectivity index (χ4n) is 3.93. The molecule has 0 aromatic rings. The third kappa shape index (κ3) is 7.57. The number of unbranched alkanes of at least 4 members (excludes halogenated alkanes) is 5. The van der Waals surface area contributed by atoms with Gasteiger partial charge in [-0.05, 0) is 76.9 Å². The molecule has 0 radical (unpaired) electrons. The topological polar surface area (TPSA) is 18.5 Å². The van der Waals surface area contributed by atoms with E-state index < -0.39 is 0 Å². The summed E-state index contributed by atoms with van der Waals surface area (Å²) in [6.07, 6.45) is 17.5. The molecular weight excluding hydrogens is 367 g/mol. The van der Waals surface area contributed by atoms with E-state index in [2.05, 4.69) is 74.1 Å². The standard InChI is InChI=1S/C27H47BO2/c1-10-14-15-16-17-18-20-22(5)21-24(13-4)25(23(12-3)19-11-2)28-29-26(6,7)27(8,9)30-28/h11,19,21H,2,10,12-18,20H2,1,3-9H3/b22-21+,23-19+,25-24-. The van der Waals surface area contributed by atoms with Gasteiger partial charge >= 0.3 is 7.12 Å². The summed E-state index contributed by atoms with van der Waals surface area (Å²) < 4.78 is 12.9. The highest BCUT2D eigenvalue weighted by Crippen LogP contribution is 2.41. The first-order valence-electron chi connectivity index (χ1n) is 12.2. The van der Waals surface area contributed by atoms with Gasteiger partial charge in [0.1, 0.15) is 0 Å². The van der Waals surface area contributed by atoms with E-state index in [4.69, 9.17) is 9.31 Å². The molecule has 0 aromatic carbocycles. The average molecular weight is 414 g/mol. The van der Waals surface area contributed by atoms with Crippen LogP contribution in [0, 0.1) is 0 Å². The summed E-state index contributed by atoms with van der Waals surface area (Å²) in [5, 5.41) is 0. The van der Waals surface area contributed by atoms with E-state index in [1.807, 2.05) is 6.08 Å². The molecule has 0 bridgehead atoms. The first-order chi connectivity index (χ1) is 14.1. The highest BCUT2D eigenvalue weighted by molar-refractivity contribution is 6.56. The van der Waals surface area contributed by atoms with Crippen LogP contribution in [0.4, 0.5) is 0 Å². The van der Waals surface area contributed by atoms with Gasteiger partial charge in [-0.3, -0.25) is 0 Å². The van der Waals surface area contributed by atoms with Crippen LogP contribution in [0.3, 0.4) is 0 Å². The zero-order valence-electron chi connectivity index (χ0n) is 21.2. The predicted octanol–water partition coefficient (Wildman–Crippen LogP) is 8.54. The Balaban J connectivity index is 3.14. The number of allylic oxidation sites excluding steroid dienone is 7. The molecule has 0 N–H and O–H groups in total. The molecule has 1 aliphatic heterocycles. The lowest BCUT2D eigenvalue weighted by molar-refractivity contribution is 0.00578. The van der Waals surface area contributed by atoms with Crippen LogP contribution in [0.25, 0.3) is 0 Å². The molecule has 0 aliphatic carbocycles. The largest absolute Gasteiger partial charge is 0.495 e. The van der Waals surface area contributed by atoms with Crippen LogP contribution in [0.15, 0.2) is 47.0 Å². The van der Waals surface area contributed by atoms with E-state index in [1.54, 1.807) is 0 Å². The second kappa shape index (κ2) is 12.7. The van der Waals surface area contributed by atoms with Crippen molar-refractivity contribution in [1.82, 2.24) is 0 Å². The van der Waals surface area contributed by atoms with Crippen LogP contribution >= 0.6 is 0 Å². The Morgan fingerprint density at radius 3 is 1.93 bits per heavy atom. The quantitative estimate of drug-likeness (QED) is 0.171. The maximum Gasteiger partial charge on any atom is 0.495 e. The molecule has 1 heterocycles. The van der Waals surface area contributed by atoms with Crippen molar-refractivity contribution < 1.29 is 9.31 Å². The van der Waals surface area contributed by atoms with Crippen LogP contribution in [-0.2, 0) is 9.31 Å². The monoisotopic (exact) mass is 414 g/mol. The molecule has 0 unspecified atom stereocenters. The number of rotatable bonds is 13. The maximum absolute atomic E-state index is 6.47. The van der Waals surface area contributed by atoms with Gasteiger partial charge in [0.25, 0.3) is 0 Å². The zero-order valence-corrected chi connectivity index (χ0v) is 21.2. The van der Waals surface area contributed by atoms with Crippen molar-refractivity contribution in [3.63, 3.8) is 0 Å². The maximum atomic E-state index is 6.47. The van der Waals surface area contributed by atoms with Gasteiger partial charge in [0.05, 0.1) is 11.2 Å². The van der Waals surface area contributed by atoms with Crippen molar-refractivity contribution in [3.05, 3.63) is 47.0 Å². The number of hydrogen-bond donors (Lipinski definition) is 0. The molecule has 170 valence electrons. The third-order valence-electron chi connectivity index (χ3n) is 6.61. The van der Waals surface area contributed by atoms with Gasteiger partial charge in [-0.15, -0.1) is 0 Å². The molecule has 0 saturated carbocycles. The zero-order chi connectivity index (χ0) is 22.8. The summed E-state index contributed by atoms with van der Waals surface area (Å²) in [6.45, 7) is 21.4. The van der Waals surface area contributed by atoms with Gasteiger partial charge in [-0.2, -0.15) is 0 Å². The summed E-state index contributed by atoms with van der Waals surface area (Å²) >= 11 is 0. The van der Waals surface area contributed by atoms with E-state index in [9.17, 15) is 0 Å². The van der Waals surface area contributed by atoms with E-state index in [-0.39, 0.29) is 18.3 Å². The van der Waals surface area contributed by atoms with E-state index >= 15 is 0 Å². The lowest BCUT2D eigenvalue weighted by atomic mass is 9.69. The summed E-state index contributed by atoms with van der Waals surface area (Å²) in [5.74, 6) is 0. The minimum Gasteiger partial charge on any atom is -0.399 e. The molecule has 1 aliphatic rings. The van der Waals surface area contributed by atoms with E-state index in [0.717, 1.165) is 12.8 Å². The molecule has 3 heteroatoms. The summed E-state index contributed by atoms with van der Waals surface area (Å²) in [5.41, 5.74) is 4.54. The highest BCUT2D eigenvalue weighted by atomic mass is 16.7. The Kier molecular flexibility index (Phi) is 11.4. The molecule has 0 spiro atoms. The van der Waals surface area contributed by atoms with Crippen LogP contribution in [0.1, 0.15) is 113 Å². The van der Waals surface area contributed by atoms with Gasteiger partial charge in [0.2, 0.25) is 0 Å². The Bertz CT molecular complexity index is 621. The van der Waals surface area contributed by atoms with Gasteiger partial charge in [-0.1, -0.05) is 83.3 Å². The normalized spacial score (nSPS) is 19.8. The Morgan fingerprint density at radius 2 is 1.43 bits per heavy atom. The lowest BCUT2D eigenvalue weighted by Crippen LogP contribution is -2.41. The Morgan fingerprint density at radius 1 is 0.867 bits per heavy atom. The number of hydrogen-bond acceptors (Lipinski definition) is 2. The second-order valence-corrected chi connectivity index (χ2v) is 9.67. The fourth-order valence-corrected chi connectivity index (χ4v) is 3.93. The molecule has 0 atom stereocenters. The smallest absolute Gasteiger partial charge is 0.399 e. The van der Waals surface area contributed by atoms with Crippen molar-refractivity contribution in [1.29, 1.82) is 0 Å². The van der Waals surface area contributed by atoms with Crippen LogP contribution < -0.4 is 0 Å². The van der Waals surface area contributed by atoms with Gasteiger partial charge in [0, 0.05) is 0 Å². The first kappa shape index (κ1) is 27.0. The third-order valence-corrected chi connectivity index (χ3v) is 6.61. The summed E-state index contributed by atoms with van der Waals surface area (Å²) in [7, 11) is -0.339. The van der Waals surface area contributed by atoms with E-state index in [1.165, 1.54) is 67.1 Å². The first-order valence-corrected chi connectivity index (χ1v) is 12.2. The average Bonchev–Trinajstić information content (AvgIpc) is 2.89. The van der Waals surface area contributed by atoms with Gasteiger partial charge in [-0.25, -0.2) is 0 Å². The van der Waals surface area contributed by atoms with Gasteiger partial charge < -0.3 is 9.31 Å². The molecule has 2 nitrogen and oxygen atoms in total. The molecular formula is C27H47BO2. The molecule has 0 aromatic heterocycles. The second-order valence-electron chi connectivity index (χ2n) is 9.67. The lowest BCUT2D eigenvalue weighted by Gasteiger charge is -2.32. The van der Waals surface area contributed by atoms with Crippen molar-refractivity contribution in [2.24, 2.45) is 0 Å². The molecule has 1 rings (SSSR count). The SMILES string of the molecule is C=C/C=C(CC)/C(B1OC(C)(C)C(C)(C)O1)=C(/C=C(\C)CCCCCCCC)CC. The van der Waals surface area contributed by atoms with Crippen molar-refractivity contribution in [3.8, 4) is 0 Å².